The number of nitrogens with zero attached hydrogens (tertiary/aromatic N) is 4. The van der Waals surface area contributed by atoms with Gasteiger partial charge in [0.2, 0.25) is 11.8 Å². The summed E-state index contributed by atoms with van der Waals surface area (Å²) < 4.78 is 6.00. The molecule has 3 aliphatic carbocycles. The van der Waals surface area contributed by atoms with Crippen molar-refractivity contribution in [3.63, 3.8) is 0 Å². The van der Waals surface area contributed by atoms with Crippen LogP contribution in [0.25, 0.3) is 10.1 Å². The molecular formula is C28H36N4O3S. The quantitative estimate of drug-likeness (QED) is 0.625. The van der Waals surface area contributed by atoms with Crippen LogP contribution in [0.2, 0.25) is 0 Å². The topological polar surface area (TPSA) is 77.0 Å². The highest BCUT2D eigenvalue weighted by molar-refractivity contribution is 7.13. The van der Waals surface area contributed by atoms with Crippen molar-refractivity contribution >= 4 is 39.3 Å². The van der Waals surface area contributed by atoms with Crippen molar-refractivity contribution in [1.29, 1.82) is 0 Å². The summed E-state index contributed by atoms with van der Waals surface area (Å²) in [4.78, 5) is 33.3. The largest absolute Gasteiger partial charge is 0.393 e. The lowest BCUT2D eigenvalue weighted by molar-refractivity contribution is -0.142. The summed E-state index contributed by atoms with van der Waals surface area (Å²) in [5, 5.41) is 11.6. The van der Waals surface area contributed by atoms with Crippen LogP contribution in [0.1, 0.15) is 38.5 Å². The van der Waals surface area contributed by atoms with Crippen LogP contribution < -0.4 is 4.90 Å². The van der Waals surface area contributed by atoms with Gasteiger partial charge in [-0.3, -0.25) is 19.4 Å². The minimum Gasteiger partial charge on any atom is -0.393 e. The van der Waals surface area contributed by atoms with Crippen LogP contribution >= 0.6 is 11.5 Å². The van der Waals surface area contributed by atoms with E-state index in [0.717, 1.165) is 51.4 Å². The van der Waals surface area contributed by atoms with Gasteiger partial charge in [0.15, 0.2) is 0 Å². The van der Waals surface area contributed by atoms with Gasteiger partial charge in [0, 0.05) is 44.7 Å². The molecule has 2 saturated heterocycles. The van der Waals surface area contributed by atoms with Crippen LogP contribution in [0.4, 0.5) is 5.82 Å². The van der Waals surface area contributed by atoms with E-state index in [2.05, 4.69) is 34.1 Å². The number of fused-ring (bicyclic) bond motifs is 6. The molecule has 1 aromatic heterocycles. The van der Waals surface area contributed by atoms with E-state index >= 15 is 0 Å². The number of hydrogen-bond donors (Lipinski definition) is 1. The summed E-state index contributed by atoms with van der Waals surface area (Å²) in [6, 6.07) is 8.49. The monoisotopic (exact) mass is 508 g/mol. The fraction of sp³-hybridized carbons (Fsp3) is 0.679. The first-order valence-corrected chi connectivity index (χ1v) is 14.7. The van der Waals surface area contributed by atoms with Crippen molar-refractivity contribution in [1.82, 2.24) is 14.2 Å². The van der Waals surface area contributed by atoms with Gasteiger partial charge in [-0.05, 0) is 73.0 Å². The highest BCUT2D eigenvalue weighted by atomic mass is 32.1. The first-order chi connectivity index (χ1) is 17.6. The summed E-state index contributed by atoms with van der Waals surface area (Å²) in [6.07, 6.45) is 5.90. The zero-order valence-electron chi connectivity index (χ0n) is 20.8. The lowest BCUT2D eigenvalue weighted by Crippen LogP contribution is -2.49. The molecule has 1 aromatic carbocycles. The normalized spacial score (nSPS) is 36.9. The first kappa shape index (κ1) is 23.1. The van der Waals surface area contributed by atoms with Gasteiger partial charge in [-0.1, -0.05) is 25.0 Å². The Bertz CT molecular complexity index is 1160. The lowest BCUT2D eigenvalue weighted by Gasteiger charge is -2.40. The molecule has 7 atom stereocenters. The summed E-state index contributed by atoms with van der Waals surface area (Å²) in [5.41, 5.74) is 0. The molecule has 5 fully saturated rings. The van der Waals surface area contributed by atoms with Gasteiger partial charge in [0.05, 0.1) is 22.6 Å². The second kappa shape index (κ2) is 9.07. The minimum atomic E-state index is -0.392. The maximum Gasteiger partial charge on any atom is 0.233 e. The van der Waals surface area contributed by atoms with Gasteiger partial charge in [0.1, 0.15) is 5.82 Å². The molecular weight excluding hydrogens is 472 g/mol. The Morgan fingerprint density at radius 2 is 1.64 bits per heavy atom. The maximum atomic E-state index is 13.3. The van der Waals surface area contributed by atoms with Crippen molar-refractivity contribution in [2.45, 2.75) is 44.6 Å². The summed E-state index contributed by atoms with van der Waals surface area (Å²) in [5.74, 6) is 1.97. The van der Waals surface area contributed by atoms with Crippen LogP contribution in [0.3, 0.4) is 0 Å². The molecule has 5 aliphatic rings. The molecule has 2 amide bonds. The number of aromatic nitrogens is 1. The van der Waals surface area contributed by atoms with Crippen LogP contribution in [0.15, 0.2) is 24.3 Å². The number of likely N-dealkylation sites (tertiary alicyclic amines) is 1. The Morgan fingerprint density at radius 1 is 0.917 bits per heavy atom. The fourth-order valence-electron chi connectivity index (χ4n) is 8.24. The third-order valence-corrected chi connectivity index (χ3v) is 10.9. The number of amides is 2. The number of anilines is 1. The number of carbonyl (C=O) groups excluding carboxylic acids is 2. The van der Waals surface area contributed by atoms with Gasteiger partial charge < -0.3 is 10.0 Å². The molecule has 0 radical (unpaired) electrons. The number of imide groups is 1. The molecule has 192 valence electrons. The Kier molecular flexibility index (Phi) is 5.82. The van der Waals surface area contributed by atoms with E-state index in [1.165, 1.54) is 29.3 Å². The number of carbonyl (C=O) groups is 2. The van der Waals surface area contributed by atoms with Crippen LogP contribution in [-0.2, 0) is 9.59 Å². The SMILES string of the molecule is O=C1[C@@H]2[C@@H]3C[C@H](C[C@@H]3O)[C@@H]2C(=O)N1C[C@@H]1CCCC[C@H]1CN1CCN(c2nsc3ccccc23)CC1. The van der Waals surface area contributed by atoms with Crippen LogP contribution in [0, 0.1) is 35.5 Å². The van der Waals surface area contributed by atoms with Gasteiger partial charge in [0.25, 0.3) is 0 Å². The molecule has 2 aromatic rings. The molecule has 3 saturated carbocycles. The number of piperazine rings is 1. The van der Waals surface area contributed by atoms with E-state index in [-0.39, 0.29) is 35.5 Å². The second-order valence-electron chi connectivity index (χ2n) is 11.9. The Hall–Kier alpha value is -2.03. The highest BCUT2D eigenvalue weighted by Crippen LogP contribution is 2.56. The van der Waals surface area contributed by atoms with E-state index < -0.39 is 6.10 Å². The third kappa shape index (κ3) is 3.71. The van der Waals surface area contributed by atoms with E-state index in [4.69, 9.17) is 4.37 Å². The van der Waals surface area contributed by atoms with E-state index in [1.807, 2.05) is 0 Å². The highest BCUT2D eigenvalue weighted by Gasteiger charge is 2.63. The average molecular weight is 509 g/mol. The summed E-state index contributed by atoms with van der Waals surface area (Å²) in [6.45, 7) is 5.69. The molecule has 2 aliphatic heterocycles. The Morgan fingerprint density at radius 3 is 2.44 bits per heavy atom. The Balaban J connectivity index is 0.988. The molecule has 3 heterocycles. The number of aliphatic hydroxyl groups is 1. The third-order valence-electron chi connectivity index (χ3n) is 10.1. The first-order valence-electron chi connectivity index (χ1n) is 13.9. The number of aliphatic hydroxyl groups excluding tert-OH is 1. The lowest BCUT2D eigenvalue weighted by atomic mass is 9.78. The summed E-state index contributed by atoms with van der Waals surface area (Å²) in [7, 11) is 0. The number of benzene rings is 1. The fourth-order valence-corrected chi connectivity index (χ4v) is 9.04. The molecule has 8 heteroatoms. The van der Waals surface area contributed by atoms with Gasteiger partial charge in [-0.15, -0.1) is 0 Å². The van der Waals surface area contributed by atoms with Crippen molar-refractivity contribution in [3.8, 4) is 0 Å². The second-order valence-corrected chi connectivity index (χ2v) is 12.7. The van der Waals surface area contributed by atoms with Crippen molar-refractivity contribution in [3.05, 3.63) is 24.3 Å². The number of rotatable bonds is 5. The van der Waals surface area contributed by atoms with E-state index in [0.29, 0.717) is 24.8 Å². The van der Waals surface area contributed by atoms with Gasteiger partial charge in [-0.25, -0.2) is 0 Å². The average Bonchev–Trinajstić information content (AvgIpc) is 3.64. The Labute approximate surface area is 216 Å². The standard InChI is InChI=1S/C28H36N4O3S/c33-22-14-19-13-21(22)25-24(19)27(34)32(28(25)35)16-18-6-2-1-5-17(18)15-30-9-11-31(12-10-30)26-20-7-3-4-8-23(20)36-29-26/h3-4,7-8,17-19,21-22,24-25,33H,1-2,5-6,9-16H2/t17-,18-,19+,21+,22-,24-,25+/m0/s1. The molecule has 2 bridgehead atoms. The zero-order valence-corrected chi connectivity index (χ0v) is 21.6. The van der Waals surface area contributed by atoms with Gasteiger partial charge >= 0.3 is 0 Å². The minimum absolute atomic E-state index is 0.00901. The molecule has 1 N–H and O–H groups in total. The molecule has 0 unspecified atom stereocenters. The smallest absolute Gasteiger partial charge is 0.233 e. The van der Waals surface area contributed by atoms with E-state index in [9.17, 15) is 14.7 Å². The van der Waals surface area contributed by atoms with Gasteiger partial charge in [-0.2, -0.15) is 4.37 Å². The molecule has 0 spiro atoms. The summed E-state index contributed by atoms with van der Waals surface area (Å²) >= 11 is 1.58. The molecule has 7 rings (SSSR count). The van der Waals surface area contributed by atoms with Crippen LogP contribution in [-0.4, -0.2) is 76.5 Å². The van der Waals surface area contributed by atoms with Crippen molar-refractivity contribution in [2.24, 2.45) is 35.5 Å². The predicted molar refractivity (Wildman–Crippen MR) is 140 cm³/mol. The van der Waals surface area contributed by atoms with Crippen molar-refractivity contribution < 1.29 is 14.7 Å². The molecule has 36 heavy (non-hydrogen) atoms. The van der Waals surface area contributed by atoms with Crippen LogP contribution in [0.5, 0.6) is 0 Å². The number of hydrogen-bond acceptors (Lipinski definition) is 7. The predicted octanol–water partition coefficient (Wildman–Crippen LogP) is 3.23. The maximum absolute atomic E-state index is 13.3. The van der Waals surface area contributed by atoms with Crippen molar-refractivity contribution in [2.75, 3.05) is 44.2 Å². The molecule has 7 nitrogen and oxygen atoms in total. The van der Waals surface area contributed by atoms with E-state index in [1.54, 1.807) is 16.4 Å². The zero-order chi connectivity index (χ0) is 24.4.